The molecule has 2 aliphatic rings. The topological polar surface area (TPSA) is 59.1 Å². The number of fused-ring (bicyclic) bond motifs is 1. The number of nitriles is 1. The number of anilines is 2. The lowest BCUT2D eigenvalue weighted by Gasteiger charge is -2.17. The molecule has 2 saturated heterocycles. The average Bonchev–Trinajstić information content (AvgIpc) is 3.45. The molecule has 0 radical (unpaired) electrons. The number of benzene rings is 3. The fourth-order valence-electron chi connectivity index (χ4n) is 4.48. The summed E-state index contributed by atoms with van der Waals surface area (Å²) < 4.78 is 0. The van der Waals surface area contributed by atoms with Crippen molar-refractivity contribution in [3.63, 3.8) is 0 Å². The Morgan fingerprint density at radius 1 is 1.00 bits per heavy atom. The van der Waals surface area contributed by atoms with Crippen molar-refractivity contribution in [1.82, 2.24) is 9.80 Å². The summed E-state index contributed by atoms with van der Waals surface area (Å²) in [5.74, 6) is 0.327. The number of rotatable bonds is 4. The molecule has 3 aromatic carbocycles. The third kappa shape index (κ3) is 3.07. The molecule has 0 aromatic heterocycles. The second-order valence-electron chi connectivity index (χ2n) is 7.96. The van der Waals surface area contributed by atoms with Gasteiger partial charge in [0.05, 0.1) is 6.04 Å². The Kier molecular flexibility index (Phi) is 4.40. The first-order chi connectivity index (χ1) is 14.7. The number of hydrogen-bond acceptors (Lipinski definition) is 4. The minimum atomic E-state index is -0.0621. The van der Waals surface area contributed by atoms with Crippen LogP contribution in [0.1, 0.15) is 17.3 Å². The normalized spacial score (nSPS) is 21.7. The van der Waals surface area contributed by atoms with E-state index in [1.54, 1.807) is 4.90 Å². The van der Waals surface area contributed by atoms with Gasteiger partial charge in [0, 0.05) is 29.0 Å². The Morgan fingerprint density at radius 2 is 1.70 bits per heavy atom. The van der Waals surface area contributed by atoms with E-state index in [1.165, 1.54) is 0 Å². The molecule has 5 nitrogen and oxygen atoms in total. The fraction of sp³-hybridized carbons (Fsp3) is 0.200. The second-order valence-corrected chi connectivity index (χ2v) is 7.96. The molecule has 1 amide bonds. The van der Waals surface area contributed by atoms with Crippen LogP contribution in [0.15, 0.2) is 78.9 Å². The van der Waals surface area contributed by atoms with E-state index < -0.39 is 0 Å². The summed E-state index contributed by atoms with van der Waals surface area (Å²) in [6.45, 7) is 2.84. The second kappa shape index (κ2) is 7.23. The molecule has 2 aliphatic heterocycles. The van der Waals surface area contributed by atoms with E-state index in [1.807, 2.05) is 71.6 Å². The first kappa shape index (κ1) is 18.3. The van der Waals surface area contributed by atoms with Gasteiger partial charge in [0.15, 0.2) is 6.19 Å². The van der Waals surface area contributed by atoms with Crippen LogP contribution >= 0.6 is 0 Å². The molecule has 0 aliphatic carbocycles. The Hall–Kier alpha value is -3.78. The number of likely N-dealkylation sites (tertiary alicyclic amines) is 1. The van der Waals surface area contributed by atoms with E-state index in [-0.39, 0.29) is 18.1 Å². The maximum atomic E-state index is 13.0. The zero-order chi connectivity index (χ0) is 20.7. The number of carbonyl (C=O) groups excluding carboxylic acids is 1. The Morgan fingerprint density at radius 3 is 2.43 bits per heavy atom. The highest BCUT2D eigenvalue weighted by atomic mass is 16.2. The highest BCUT2D eigenvalue weighted by molar-refractivity contribution is 5.97. The third-order valence-corrected chi connectivity index (χ3v) is 5.99. The van der Waals surface area contributed by atoms with Gasteiger partial charge in [0.2, 0.25) is 0 Å². The van der Waals surface area contributed by atoms with Gasteiger partial charge >= 0.3 is 0 Å². The molecule has 3 aromatic rings. The summed E-state index contributed by atoms with van der Waals surface area (Å²) in [4.78, 5) is 16.5. The van der Waals surface area contributed by atoms with E-state index >= 15 is 0 Å². The van der Waals surface area contributed by atoms with Crippen LogP contribution in [-0.4, -0.2) is 34.5 Å². The maximum absolute atomic E-state index is 13.0. The summed E-state index contributed by atoms with van der Waals surface area (Å²) in [6.07, 6.45) is 2.15. The third-order valence-electron chi connectivity index (χ3n) is 5.99. The number of hydrogen-bond donors (Lipinski definition) is 1. The minimum absolute atomic E-state index is 0.000884. The number of para-hydroxylation sites is 2. The van der Waals surface area contributed by atoms with Gasteiger partial charge in [0.25, 0.3) is 5.91 Å². The van der Waals surface area contributed by atoms with Crippen molar-refractivity contribution < 1.29 is 4.79 Å². The van der Waals surface area contributed by atoms with Crippen LogP contribution in [0.5, 0.6) is 0 Å². The SMILES string of the molecule is CC1CN(C#N)C2[C@@H]1N2C(=O)c1ccc(-c2ccccc2Nc2ccccc2)cc1. The molecule has 3 atom stereocenters. The number of amides is 1. The largest absolute Gasteiger partial charge is 0.355 e. The molecule has 5 heteroatoms. The predicted octanol–water partition coefficient (Wildman–Crippen LogP) is 4.68. The van der Waals surface area contributed by atoms with E-state index in [0.717, 1.165) is 29.0 Å². The number of nitrogens with zero attached hydrogens (tertiary/aromatic N) is 3. The smallest absolute Gasteiger partial charge is 0.255 e. The lowest BCUT2D eigenvalue weighted by Crippen LogP contribution is -2.30. The van der Waals surface area contributed by atoms with Crippen LogP contribution < -0.4 is 5.32 Å². The highest BCUT2D eigenvalue weighted by Crippen LogP contribution is 2.44. The molecule has 30 heavy (non-hydrogen) atoms. The fourth-order valence-corrected chi connectivity index (χ4v) is 4.48. The van der Waals surface area contributed by atoms with Crippen molar-refractivity contribution in [3.8, 4) is 17.3 Å². The Labute approximate surface area is 176 Å². The molecule has 5 rings (SSSR count). The van der Waals surface area contributed by atoms with Crippen molar-refractivity contribution >= 4 is 17.3 Å². The number of carbonyl (C=O) groups is 1. The summed E-state index contributed by atoms with van der Waals surface area (Å²) in [5.41, 5.74) is 4.83. The van der Waals surface area contributed by atoms with Crippen LogP contribution in [0.4, 0.5) is 11.4 Å². The quantitative estimate of drug-likeness (QED) is 0.516. The van der Waals surface area contributed by atoms with Gasteiger partial charge < -0.3 is 10.2 Å². The molecule has 2 heterocycles. The highest BCUT2D eigenvalue weighted by Gasteiger charge is 2.61. The van der Waals surface area contributed by atoms with Gasteiger partial charge in [-0.3, -0.25) is 9.69 Å². The van der Waals surface area contributed by atoms with Crippen molar-refractivity contribution in [1.29, 1.82) is 5.26 Å². The van der Waals surface area contributed by atoms with Crippen LogP contribution in [0.3, 0.4) is 0 Å². The van der Waals surface area contributed by atoms with Crippen molar-refractivity contribution in [2.24, 2.45) is 5.92 Å². The minimum Gasteiger partial charge on any atom is -0.355 e. The van der Waals surface area contributed by atoms with E-state index in [0.29, 0.717) is 11.5 Å². The molecular formula is C25H22N4O. The zero-order valence-electron chi connectivity index (χ0n) is 16.7. The maximum Gasteiger partial charge on any atom is 0.255 e. The summed E-state index contributed by atoms with van der Waals surface area (Å²) in [5, 5.41) is 12.7. The van der Waals surface area contributed by atoms with Gasteiger partial charge in [0.1, 0.15) is 6.17 Å². The van der Waals surface area contributed by atoms with Gasteiger partial charge in [-0.2, -0.15) is 5.26 Å². The molecule has 2 unspecified atom stereocenters. The van der Waals surface area contributed by atoms with Gasteiger partial charge in [-0.05, 0) is 41.8 Å². The van der Waals surface area contributed by atoms with Gasteiger partial charge in [-0.25, -0.2) is 0 Å². The summed E-state index contributed by atoms with van der Waals surface area (Å²) in [7, 11) is 0. The van der Waals surface area contributed by atoms with Gasteiger partial charge in [-0.1, -0.05) is 55.5 Å². The molecular weight excluding hydrogens is 372 g/mol. The molecule has 1 N–H and O–H groups in total. The van der Waals surface area contributed by atoms with Crippen molar-refractivity contribution in [3.05, 3.63) is 84.4 Å². The Balaban J connectivity index is 1.37. The standard InChI is InChI=1S/C25H22N4O/c1-17-15-28(16-26)24-23(17)29(24)25(30)19-13-11-18(12-14-19)21-9-5-6-10-22(21)27-20-7-3-2-4-8-20/h2-14,17,23-24,27H,15H2,1H3/t17?,23-,24?,29?/m1/s1. The van der Waals surface area contributed by atoms with E-state index in [4.69, 9.17) is 0 Å². The van der Waals surface area contributed by atoms with Crippen molar-refractivity contribution in [2.45, 2.75) is 19.1 Å². The Bertz CT molecular complexity index is 1120. The number of nitrogens with one attached hydrogen (secondary N) is 1. The van der Waals surface area contributed by atoms with Crippen LogP contribution in [0.2, 0.25) is 0 Å². The van der Waals surface area contributed by atoms with Crippen LogP contribution in [0, 0.1) is 17.4 Å². The molecule has 0 saturated carbocycles. The van der Waals surface area contributed by atoms with Crippen LogP contribution in [-0.2, 0) is 0 Å². The average molecular weight is 394 g/mol. The summed E-state index contributed by atoms with van der Waals surface area (Å²) >= 11 is 0. The van der Waals surface area contributed by atoms with Crippen LogP contribution in [0.25, 0.3) is 11.1 Å². The molecule has 0 bridgehead atoms. The lowest BCUT2D eigenvalue weighted by atomic mass is 10.0. The van der Waals surface area contributed by atoms with E-state index in [2.05, 4.69) is 30.6 Å². The first-order valence-corrected chi connectivity index (χ1v) is 10.2. The first-order valence-electron chi connectivity index (χ1n) is 10.2. The monoisotopic (exact) mass is 394 g/mol. The summed E-state index contributed by atoms with van der Waals surface area (Å²) in [6, 6.07) is 26.1. The van der Waals surface area contributed by atoms with E-state index in [9.17, 15) is 10.1 Å². The molecule has 2 fully saturated rings. The molecule has 148 valence electrons. The predicted molar refractivity (Wildman–Crippen MR) is 117 cm³/mol. The van der Waals surface area contributed by atoms with Gasteiger partial charge in [-0.15, -0.1) is 0 Å². The lowest BCUT2D eigenvalue weighted by molar-refractivity contribution is 0.0816. The van der Waals surface area contributed by atoms with Crippen molar-refractivity contribution in [2.75, 3.05) is 11.9 Å². The zero-order valence-corrected chi connectivity index (χ0v) is 16.7. The molecule has 0 spiro atoms.